The van der Waals surface area contributed by atoms with Gasteiger partial charge in [0.25, 0.3) is 0 Å². The molecule has 134 valence electrons. The number of nitrogens with one attached hydrogen (secondary N) is 1. The number of halogens is 2. The first kappa shape index (κ1) is 16.5. The van der Waals surface area contributed by atoms with Gasteiger partial charge in [-0.05, 0) is 18.2 Å². The molecule has 1 spiro atoms. The van der Waals surface area contributed by atoms with Gasteiger partial charge in [-0.25, -0.2) is 14.0 Å². The highest BCUT2D eigenvalue weighted by atomic mass is 35.5. The molecular formula is C16H12ClFN4O4. The number of aromatic nitrogens is 2. The van der Waals surface area contributed by atoms with Gasteiger partial charge in [0.2, 0.25) is 0 Å². The van der Waals surface area contributed by atoms with E-state index in [9.17, 15) is 14.0 Å². The molecule has 2 N–H and O–H groups in total. The van der Waals surface area contributed by atoms with Crippen LogP contribution in [0, 0.1) is 5.82 Å². The molecule has 10 heteroatoms. The second kappa shape index (κ2) is 5.80. The number of carbonyl (C=O) groups is 2. The molecule has 0 saturated carbocycles. The Morgan fingerprint density at radius 3 is 3.04 bits per heavy atom. The summed E-state index contributed by atoms with van der Waals surface area (Å²) in [7, 11) is 0. The third kappa shape index (κ3) is 2.51. The van der Waals surface area contributed by atoms with E-state index in [2.05, 4.69) is 15.5 Å². The summed E-state index contributed by atoms with van der Waals surface area (Å²) in [6, 6.07) is 4.26. The first-order chi connectivity index (χ1) is 12.4. The minimum absolute atomic E-state index is 0.0205. The van der Waals surface area contributed by atoms with Crippen LogP contribution in [0.15, 0.2) is 24.4 Å². The number of hydrogen-bond acceptors (Lipinski definition) is 6. The van der Waals surface area contributed by atoms with Crippen molar-refractivity contribution in [3.05, 3.63) is 46.4 Å². The quantitative estimate of drug-likeness (QED) is 0.827. The number of carboxylic acid groups (broad SMARTS) is 1. The van der Waals surface area contributed by atoms with Crippen LogP contribution in [0.2, 0.25) is 5.02 Å². The van der Waals surface area contributed by atoms with Crippen LogP contribution >= 0.6 is 11.6 Å². The highest BCUT2D eigenvalue weighted by Crippen LogP contribution is 2.46. The second-order valence-corrected chi connectivity index (χ2v) is 6.48. The number of carbonyl (C=O) groups excluding carboxylic acids is 1. The van der Waals surface area contributed by atoms with Gasteiger partial charge in [-0.15, -0.1) is 5.10 Å². The normalized spacial score (nSPS) is 21.3. The van der Waals surface area contributed by atoms with Crippen molar-refractivity contribution in [2.24, 2.45) is 0 Å². The van der Waals surface area contributed by atoms with Crippen LogP contribution in [-0.2, 0) is 10.3 Å². The van der Waals surface area contributed by atoms with Gasteiger partial charge in [-0.3, -0.25) is 5.32 Å². The summed E-state index contributed by atoms with van der Waals surface area (Å²) < 4.78 is 20.2. The van der Waals surface area contributed by atoms with Gasteiger partial charge < -0.3 is 14.7 Å². The van der Waals surface area contributed by atoms with Crippen molar-refractivity contribution in [1.82, 2.24) is 10.2 Å². The highest BCUT2D eigenvalue weighted by molar-refractivity contribution is 6.31. The van der Waals surface area contributed by atoms with E-state index >= 15 is 0 Å². The van der Waals surface area contributed by atoms with Gasteiger partial charge in [0, 0.05) is 13.0 Å². The average Bonchev–Trinajstić information content (AvgIpc) is 3.02. The fourth-order valence-electron chi connectivity index (χ4n) is 3.36. The summed E-state index contributed by atoms with van der Waals surface area (Å²) >= 11 is 5.91. The minimum atomic E-state index is -1.24. The minimum Gasteiger partial charge on any atom is -0.478 e. The summed E-state index contributed by atoms with van der Waals surface area (Å²) in [6.07, 6.45) is 0.743. The molecule has 1 aromatic carbocycles. The maximum Gasteiger partial charge on any atom is 0.412 e. The Hall–Kier alpha value is -2.94. The number of ether oxygens (including phenoxy) is 1. The Morgan fingerprint density at radius 2 is 2.27 bits per heavy atom. The number of anilines is 2. The third-order valence-corrected chi connectivity index (χ3v) is 4.81. The van der Waals surface area contributed by atoms with Gasteiger partial charge >= 0.3 is 12.1 Å². The van der Waals surface area contributed by atoms with Crippen LogP contribution < -0.4 is 10.2 Å². The molecule has 2 aliphatic heterocycles. The number of carboxylic acids is 1. The molecule has 8 nitrogen and oxygen atoms in total. The lowest BCUT2D eigenvalue weighted by Gasteiger charge is -2.35. The van der Waals surface area contributed by atoms with Crippen molar-refractivity contribution in [2.45, 2.75) is 12.0 Å². The van der Waals surface area contributed by atoms with Crippen LogP contribution in [0.1, 0.15) is 22.3 Å². The number of hydrogen-bond donors (Lipinski definition) is 2. The standard InChI is InChI=1S/C16H12ClFN4O4/c17-9-1-2-10-12(13(9)18)16(26-15(25)20-10)3-4-22(7-16)11-5-8(14(23)24)6-19-21-11/h1-2,5-6H,3-4,7H2,(H,20,25)(H,23,24)/t16-/m1/s1. The zero-order chi connectivity index (χ0) is 18.5. The fourth-order valence-corrected chi connectivity index (χ4v) is 3.51. The molecular weight excluding hydrogens is 367 g/mol. The zero-order valence-corrected chi connectivity index (χ0v) is 14.0. The first-order valence-corrected chi connectivity index (χ1v) is 8.07. The second-order valence-electron chi connectivity index (χ2n) is 6.07. The van der Waals surface area contributed by atoms with Crippen LogP contribution in [0.4, 0.5) is 20.7 Å². The molecule has 0 aliphatic carbocycles. The van der Waals surface area contributed by atoms with E-state index in [1.807, 2.05) is 0 Å². The lowest BCUT2D eigenvalue weighted by molar-refractivity contribution is 0.0263. The number of benzene rings is 1. The van der Waals surface area contributed by atoms with Crippen molar-refractivity contribution in [3.63, 3.8) is 0 Å². The lowest BCUT2D eigenvalue weighted by atomic mass is 9.89. The SMILES string of the molecule is O=C1Nc2ccc(Cl)c(F)c2[C@]2(CCN(c3cc(C(=O)O)cnn3)C2)O1. The van der Waals surface area contributed by atoms with E-state index in [4.69, 9.17) is 21.4 Å². The number of fused-ring (bicyclic) bond motifs is 2. The monoisotopic (exact) mass is 378 g/mol. The third-order valence-electron chi connectivity index (χ3n) is 4.52. The molecule has 1 saturated heterocycles. The molecule has 26 heavy (non-hydrogen) atoms. The van der Waals surface area contributed by atoms with E-state index in [0.717, 1.165) is 6.20 Å². The van der Waals surface area contributed by atoms with Gasteiger partial charge in [0.1, 0.15) is 0 Å². The summed E-state index contributed by atoms with van der Waals surface area (Å²) in [4.78, 5) is 24.8. The van der Waals surface area contributed by atoms with Crippen LogP contribution in [0.5, 0.6) is 0 Å². The average molecular weight is 379 g/mol. The molecule has 1 aromatic heterocycles. The Labute approximate surface area is 151 Å². The first-order valence-electron chi connectivity index (χ1n) is 7.69. The molecule has 0 unspecified atom stereocenters. The lowest BCUT2D eigenvalue weighted by Crippen LogP contribution is -2.42. The Morgan fingerprint density at radius 1 is 1.46 bits per heavy atom. The van der Waals surface area contributed by atoms with E-state index < -0.39 is 23.5 Å². The van der Waals surface area contributed by atoms with Gasteiger partial charge in [-0.1, -0.05) is 11.6 Å². The van der Waals surface area contributed by atoms with Gasteiger partial charge in [0.15, 0.2) is 17.2 Å². The van der Waals surface area contributed by atoms with Crippen LogP contribution in [-0.4, -0.2) is 40.5 Å². The predicted octanol–water partition coefficient (Wildman–Crippen LogP) is 2.64. The topological polar surface area (TPSA) is 105 Å². The summed E-state index contributed by atoms with van der Waals surface area (Å²) in [5, 5.41) is 19.1. The maximum atomic E-state index is 14.7. The number of nitrogens with zero attached hydrogens (tertiary/aromatic N) is 3. The molecule has 2 aromatic rings. The molecule has 2 aliphatic rings. The van der Waals surface area contributed by atoms with Crippen molar-refractivity contribution in [2.75, 3.05) is 23.3 Å². The van der Waals surface area contributed by atoms with Crippen LogP contribution in [0.25, 0.3) is 0 Å². The van der Waals surface area contributed by atoms with E-state index in [-0.39, 0.29) is 22.7 Å². The fraction of sp³-hybridized carbons (Fsp3) is 0.250. The molecule has 1 fully saturated rings. The summed E-state index contributed by atoms with van der Waals surface area (Å²) in [6.45, 7) is 0.471. The number of rotatable bonds is 2. The van der Waals surface area contributed by atoms with E-state index in [1.165, 1.54) is 18.2 Å². The van der Waals surface area contributed by atoms with Crippen molar-refractivity contribution in [3.8, 4) is 0 Å². The van der Waals surface area contributed by atoms with Crippen molar-refractivity contribution < 1.29 is 23.8 Å². The molecule has 4 rings (SSSR count). The predicted molar refractivity (Wildman–Crippen MR) is 89.0 cm³/mol. The summed E-state index contributed by atoms with van der Waals surface area (Å²) in [5.74, 6) is -1.48. The molecule has 1 atom stereocenters. The summed E-state index contributed by atoms with van der Waals surface area (Å²) in [5.41, 5.74) is -0.786. The zero-order valence-electron chi connectivity index (χ0n) is 13.2. The maximum absolute atomic E-state index is 14.7. The Balaban J connectivity index is 1.74. The largest absolute Gasteiger partial charge is 0.478 e. The number of amides is 1. The smallest absolute Gasteiger partial charge is 0.412 e. The van der Waals surface area contributed by atoms with E-state index in [1.54, 1.807) is 4.90 Å². The molecule has 1 amide bonds. The highest BCUT2D eigenvalue weighted by Gasteiger charge is 2.50. The van der Waals surface area contributed by atoms with Crippen LogP contribution in [0.3, 0.4) is 0 Å². The van der Waals surface area contributed by atoms with Crippen molar-refractivity contribution in [1.29, 1.82) is 0 Å². The number of aromatic carboxylic acids is 1. The van der Waals surface area contributed by atoms with Gasteiger partial charge in [-0.2, -0.15) is 5.10 Å². The Kier molecular flexibility index (Phi) is 3.69. The van der Waals surface area contributed by atoms with Gasteiger partial charge in [0.05, 0.1) is 34.6 Å². The molecule has 0 radical (unpaired) electrons. The molecule has 0 bridgehead atoms. The Bertz CT molecular complexity index is 940. The van der Waals surface area contributed by atoms with E-state index in [0.29, 0.717) is 24.5 Å². The van der Waals surface area contributed by atoms with Crippen molar-refractivity contribution >= 4 is 35.2 Å². The molecule has 3 heterocycles.